The second-order valence-corrected chi connectivity index (χ2v) is 13.6. The second kappa shape index (κ2) is 17.3. The Morgan fingerprint density at radius 1 is 0.490 bits per heavy atom. The van der Waals surface area contributed by atoms with Crippen molar-refractivity contribution < 1.29 is 0 Å². The lowest BCUT2D eigenvalue weighted by atomic mass is 10.1. The van der Waals surface area contributed by atoms with Crippen molar-refractivity contribution in [2.75, 3.05) is 4.90 Å². The lowest BCUT2D eigenvalue weighted by Gasteiger charge is -2.26. The maximum atomic E-state index is 2.39. The number of hydrogen-bond acceptors (Lipinski definition) is 2. The summed E-state index contributed by atoms with van der Waals surface area (Å²) >= 11 is 1.88. The van der Waals surface area contributed by atoms with Crippen LogP contribution in [0.4, 0.5) is 17.1 Å². The molecule has 6 rings (SSSR count). The number of thiophene rings is 1. The van der Waals surface area contributed by atoms with E-state index >= 15 is 0 Å². The van der Waals surface area contributed by atoms with E-state index in [0.717, 1.165) is 23.5 Å². The van der Waals surface area contributed by atoms with Crippen LogP contribution in [0, 0.1) is 6.92 Å². The van der Waals surface area contributed by atoms with Gasteiger partial charge in [0.1, 0.15) is 0 Å². The topological polar surface area (TPSA) is 3.24 Å². The lowest BCUT2D eigenvalue weighted by Crippen LogP contribution is -2.09. The summed E-state index contributed by atoms with van der Waals surface area (Å²) < 4.78 is 0. The highest BCUT2D eigenvalue weighted by atomic mass is 32.1. The molecular weight excluding hydrogens is 611 g/mol. The molecule has 1 aromatic heterocycles. The fourth-order valence-corrected chi connectivity index (χ4v) is 6.93. The van der Waals surface area contributed by atoms with Gasteiger partial charge in [0.15, 0.2) is 0 Å². The molecule has 0 unspecified atom stereocenters. The molecule has 0 radical (unpaired) electrons. The highest BCUT2D eigenvalue weighted by molar-refractivity contribution is 7.14. The van der Waals surface area contributed by atoms with Crippen molar-refractivity contribution >= 4 is 64.9 Å². The Morgan fingerprint density at radius 3 is 1.49 bits per heavy atom. The Labute approximate surface area is 297 Å². The molecule has 0 atom stereocenters. The first-order chi connectivity index (χ1) is 24.1. The molecule has 0 bridgehead atoms. The first-order valence-electron chi connectivity index (χ1n) is 17.5. The first-order valence-corrected chi connectivity index (χ1v) is 18.3. The van der Waals surface area contributed by atoms with Gasteiger partial charge in [0.2, 0.25) is 0 Å². The average Bonchev–Trinajstić information content (AvgIpc) is 3.55. The molecule has 0 saturated heterocycles. The smallest absolute Gasteiger partial charge is 0.0462 e. The van der Waals surface area contributed by atoms with E-state index in [-0.39, 0.29) is 0 Å². The lowest BCUT2D eigenvalue weighted by molar-refractivity contribution is 0.667. The maximum Gasteiger partial charge on any atom is 0.0462 e. The van der Waals surface area contributed by atoms with Gasteiger partial charge in [0, 0.05) is 26.8 Å². The summed E-state index contributed by atoms with van der Waals surface area (Å²) in [5.41, 5.74) is 10.9. The molecule has 0 aliphatic rings. The van der Waals surface area contributed by atoms with Crippen LogP contribution >= 0.6 is 11.3 Å². The number of hydrogen-bond donors (Lipinski definition) is 0. The zero-order valence-electron chi connectivity index (χ0n) is 28.6. The van der Waals surface area contributed by atoms with E-state index in [0.29, 0.717) is 0 Å². The molecular formula is C47H45NS. The van der Waals surface area contributed by atoms with Crippen LogP contribution in [0.3, 0.4) is 0 Å². The Hall–Kier alpha value is -5.18. The van der Waals surface area contributed by atoms with Gasteiger partial charge in [-0.25, -0.2) is 0 Å². The minimum atomic E-state index is 1.13. The highest BCUT2D eigenvalue weighted by Crippen LogP contribution is 2.35. The molecule has 0 aliphatic carbocycles. The summed E-state index contributed by atoms with van der Waals surface area (Å²) in [4.78, 5) is 4.99. The van der Waals surface area contributed by atoms with E-state index in [9.17, 15) is 0 Å². The summed E-state index contributed by atoms with van der Waals surface area (Å²) in [6, 6.07) is 49.9. The summed E-state index contributed by atoms with van der Waals surface area (Å²) in [5, 5.41) is 0. The van der Waals surface area contributed by atoms with Gasteiger partial charge in [-0.1, -0.05) is 153 Å². The number of aryl methyl sites for hydroxylation is 2. The van der Waals surface area contributed by atoms with Crippen molar-refractivity contribution in [3.8, 4) is 0 Å². The number of unbranched alkanes of at least 4 members (excludes halogenated alkanes) is 3. The maximum absolute atomic E-state index is 2.39. The number of rotatable bonds is 14. The van der Waals surface area contributed by atoms with Gasteiger partial charge in [-0.15, -0.1) is 11.3 Å². The van der Waals surface area contributed by atoms with Gasteiger partial charge in [-0.05, 0) is 102 Å². The van der Waals surface area contributed by atoms with Crippen molar-refractivity contribution in [3.05, 3.63) is 183 Å². The Balaban J connectivity index is 1.21. The SMILES string of the molecule is CCCCCCc1cc(/C=C/c2ccc(N(c3ccc(C)cc3)c3ccc(/C=C/c4ccccc4)cc3)cc2)sc1/C=C/c1ccccc1. The van der Waals surface area contributed by atoms with Crippen molar-refractivity contribution in [1.29, 1.82) is 0 Å². The molecule has 244 valence electrons. The van der Waals surface area contributed by atoms with Gasteiger partial charge in [-0.3, -0.25) is 0 Å². The molecule has 5 aromatic carbocycles. The van der Waals surface area contributed by atoms with Crippen LogP contribution in [-0.4, -0.2) is 0 Å². The van der Waals surface area contributed by atoms with E-state index < -0.39 is 0 Å². The number of benzene rings is 5. The normalized spacial score (nSPS) is 11.6. The molecule has 0 fully saturated rings. The van der Waals surface area contributed by atoms with Crippen molar-refractivity contribution in [3.63, 3.8) is 0 Å². The Kier molecular flexibility index (Phi) is 11.9. The molecule has 0 spiro atoms. The van der Waals surface area contributed by atoms with E-state index in [1.54, 1.807) is 0 Å². The monoisotopic (exact) mass is 655 g/mol. The van der Waals surface area contributed by atoms with Crippen LogP contribution < -0.4 is 4.90 Å². The Bertz CT molecular complexity index is 1960. The molecule has 49 heavy (non-hydrogen) atoms. The van der Waals surface area contributed by atoms with Crippen LogP contribution in [0.2, 0.25) is 0 Å². The molecule has 2 heteroatoms. The number of nitrogens with zero attached hydrogens (tertiary/aromatic N) is 1. The van der Waals surface area contributed by atoms with Crippen LogP contribution in [0.1, 0.15) is 75.7 Å². The first kappa shape index (κ1) is 33.7. The zero-order chi connectivity index (χ0) is 33.7. The summed E-state index contributed by atoms with van der Waals surface area (Å²) in [5.74, 6) is 0. The third kappa shape index (κ3) is 9.69. The van der Waals surface area contributed by atoms with E-state index in [2.05, 4.69) is 189 Å². The van der Waals surface area contributed by atoms with Crippen LogP contribution in [0.15, 0.2) is 140 Å². The predicted octanol–water partition coefficient (Wildman–Crippen LogP) is 14.2. The van der Waals surface area contributed by atoms with Gasteiger partial charge < -0.3 is 4.90 Å². The summed E-state index contributed by atoms with van der Waals surface area (Å²) in [6.45, 7) is 4.41. The van der Waals surface area contributed by atoms with Crippen molar-refractivity contribution in [2.45, 2.75) is 46.0 Å². The third-order valence-corrected chi connectivity index (χ3v) is 9.80. The van der Waals surface area contributed by atoms with Crippen molar-refractivity contribution in [2.24, 2.45) is 0 Å². The molecule has 1 heterocycles. The standard InChI is InChI=1S/C47H45NS/c1-3-4-5-12-17-42-36-46(49-47(42)35-27-39-15-10-7-11-16-39)34-26-41-24-32-45(33-25-41)48(43-28-18-37(2)19-29-43)44-30-22-40(23-31-44)21-20-38-13-8-6-9-14-38/h6-11,13-16,18-36H,3-5,12,17H2,1-2H3/b21-20+,34-26+,35-27+. The highest BCUT2D eigenvalue weighted by Gasteiger charge is 2.12. The third-order valence-electron chi connectivity index (χ3n) is 8.69. The molecule has 6 aromatic rings. The van der Waals surface area contributed by atoms with E-state index in [1.807, 2.05) is 17.4 Å². The van der Waals surface area contributed by atoms with Gasteiger partial charge in [0.25, 0.3) is 0 Å². The fraction of sp³-hybridized carbons (Fsp3) is 0.149. The van der Waals surface area contributed by atoms with Gasteiger partial charge in [0.05, 0.1) is 0 Å². The van der Waals surface area contributed by atoms with Crippen molar-refractivity contribution in [1.82, 2.24) is 0 Å². The predicted molar refractivity (Wildman–Crippen MR) is 218 cm³/mol. The fourth-order valence-electron chi connectivity index (χ4n) is 5.91. The van der Waals surface area contributed by atoms with Crippen LogP contribution in [-0.2, 0) is 6.42 Å². The largest absolute Gasteiger partial charge is 0.311 e. The van der Waals surface area contributed by atoms with Crippen LogP contribution in [0.5, 0.6) is 0 Å². The van der Waals surface area contributed by atoms with E-state index in [1.165, 1.54) is 68.8 Å². The molecule has 0 amide bonds. The summed E-state index contributed by atoms with van der Waals surface area (Å²) in [6.07, 6.45) is 19.6. The molecule has 1 nitrogen and oxygen atoms in total. The van der Waals surface area contributed by atoms with E-state index in [4.69, 9.17) is 0 Å². The molecule has 0 aliphatic heterocycles. The molecule has 0 saturated carbocycles. The van der Waals surface area contributed by atoms with Gasteiger partial charge >= 0.3 is 0 Å². The van der Waals surface area contributed by atoms with Gasteiger partial charge in [-0.2, -0.15) is 0 Å². The Morgan fingerprint density at radius 2 is 0.959 bits per heavy atom. The minimum absolute atomic E-state index is 1.13. The zero-order valence-corrected chi connectivity index (χ0v) is 29.5. The van der Waals surface area contributed by atoms with Crippen LogP contribution in [0.25, 0.3) is 36.5 Å². The second-order valence-electron chi connectivity index (χ2n) is 12.5. The summed E-state index contributed by atoms with van der Waals surface area (Å²) in [7, 11) is 0. The number of anilines is 3. The average molecular weight is 656 g/mol. The quantitative estimate of drug-likeness (QED) is 0.0834. The molecule has 0 N–H and O–H groups in total. The minimum Gasteiger partial charge on any atom is -0.311 e.